The van der Waals surface area contributed by atoms with E-state index >= 15 is 0 Å². The summed E-state index contributed by atoms with van der Waals surface area (Å²) in [6.45, 7) is 6.80. The van der Waals surface area contributed by atoms with Gasteiger partial charge >= 0.3 is 0 Å². The summed E-state index contributed by atoms with van der Waals surface area (Å²) in [7, 11) is 1.74. The van der Waals surface area contributed by atoms with Gasteiger partial charge in [-0.1, -0.05) is 6.07 Å². The first-order valence-corrected chi connectivity index (χ1v) is 11.3. The Morgan fingerprint density at radius 1 is 1.24 bits per heavy atom. The molecule has 2 aromatic heterocycles. The van der Waals surface area contributed by atoms with Crippen molar-refractivity contribution in [2.75, 3.05) is 6.61 Å². The van der Waals surface area contributed by atoms with Crippen molar-refractivity contribution in [1.29, 1.82) is 0 Å². The molecule has 2 heterocycles. The minimum atomic E-state index is -2.62. The summed E-state index contributed by atoms with van der Waals surface area (Å²) in [5.41, 5.74) is 7.86. The average molecular weight is 452 g/mol. The molecule has 0 unspecified atom stereocenters. The van der Waals surface area contributed by atoms with E-state index in [0.717, 1.165) is 27.7 Å². The topological polar surface area (TPSA) is 49.1 Å². The van der Waals surface area contributed by atoms with Gasteiger partial charge in [-0.05, 0) is 56.2 Å². The summed E-state index contributed by atoms with van der Waals surface area (Å²) < 4.78 is 36.9. The maximum absolute atomic E-state index is 13.7. The van der Waals surface area contributed by atoms with Crippen LogP contribution in [0.3, 0.4) is 0 Å². The van der Waals surface area contributed by atoms with E-state index < -0.39 is 11.5 Å². The number of ether oxygens (including phenoxy) is 1. The molecule has 0 N–H and O–H groups in total. The molecule has 1 atom stereocenters. The van der Waals surface area contributed by atoms with Crippen LogP contribution in [-0.4, -0.2) is 32.2 Å². The largest absolute Gasteiger partial charge is 0.366 e. The highest BCUT2D eigenvalue weighted by Crippen LogP contribution is 2.49. The smallest absolute Gasteiger partial charge is 0.253 e. The third kappa shape index (κ3) is 3.65. The lowest BCUT2D eigenvalue weighted by atomic mass is 9.80. The standard InChI is InChI=1S/C26H27F2N3O2/c1-5-33-25(3)9-8-20(25)15-31-22-11-17(18-10-16(2)24(32)30(4)14-18)6-7-21(22)29-23(31)19-12-26(27,28)13-19/h6-7,9-11,14,19H,5,12-13,15H2,1-4H3/t25-/m0/s1. The molecule has 0 spiro atoms. The second-order valence-corrected chi connectivity index (χ2v) is 9.36. The van der Waals surface area contributed by atoms with Crippen LogP contribution in [0.25, 0.3) is 22.2 Å². The Balaban J connectivity index is 1.61. The molecule has 1 saturated carbocycles. The molecular weight excluding hydrogens is 424 g/mol. The number of aryl methyl sites for hydroxylation is 2. The molecule has 0 aliphatic heterocycles. The lowest BCUT2D eigenvalue weighted by Gasteiger charge is -2.36. The first kappa shape index (κ1) is 21.8. The van der Waals surface area contributed by atoms with Gasteiger partial charge in [-0.15, -0.1) is 5.73 Å². The van der Waals surface area contributed by atoms with Gasteiger partial charge in [0.1, 0.15) is 11.4 Å². The van der Waals surface area contributed by atoms with Gasteiger partial charge in [-0.3, -0.25) is 4.79 Å². The van der Waals surface area contributed by atoms with Crippen molar-refractivity contribution in [2.24, 2.45) is 7.05 Å². The van der Waals surface area contributed by atoms with Crippen LogP contribution in [-0.2, 0) is 18.3 Å². The van der Waals surface area contributed by atoms with Crippen molar-refractivity contribution in [3.63, 3.8) is 0 Å². The van der Waals surface area contributed by atoms with Crippen molar-refractivity contribution in [1.82, 2.24) is 14.1 Å². The fourth-order valence-corrected chi connectivity index (χ4v) is 4.84. The second-order valence-electron chi connectivity index (χ2n) is 9.36. The molecule has 1 aromatic carbocycles. The van der Waals surface area contributed by atoms with Gasteiger partial charge in [-0.25, -0.2) is 13.8 Å². The van der Waals surface area contributed by atoms with Crippen LogP contribution >= 0.6 is 0 Å². The van der Waals surface area contributed by atoms with Crippen LogP contribution in [0.2, 0.25) is 0 Å². The predicted octanol–water partition coefficient (Wildman–Crippen LogP) is 5.11. The summed E-state index contributed by atoms with van der Waals surface area (Å²) in [6.07, 6.45) is 3.36. The van der Waals surface area contributed by atoms with Crippen molar-refractivity contribution >= 4 is 11.0 Å². The number of rotatable bonds is 6. The number of benzene rings is 1. The number of aromatic nitrogens is 3. The fraction of sp³-hybridized carbons (Fsp3) is 0.423. The summed E-state index contributed by atoms with van der Waals surface area (Å²) in [6, 6.07) is 7.80. The number of halogens is 2. The number of fused-ring (bicyclic) bond motifs is 1. The van der Waals surface area contributed by atoms with Crippen LogP contribution in [0.5, 0.6) is 0 Å². The first-order valence-electron chi connectivity index (χ1n) is 11.3. The third-order valence-electron chi connectivity index (χ3n) is 6.81. The van der Waals surface area contributed by atoms with Gasteiger partial charge in [0.2, 0.25) is 5.92 Å². The summed E-state index contributed by atoms with van der Waals surface area (Å²) >= 11 is 0. The summed E-state index contributed by atoms with van der Waals surface area (Å²) in [5.74, 6) is -2.22. The molecule has 172 valence electrons. The minimum Gasteiger partial charge on any atom is -0.366 e. The predicted molar refractivity (Wildman–Crippen MR) is 124 cm³/mol. The quantitative estimate of drug-likeness (QED) is 0.489. The number of hydrogen-bond donors (Lipinski definition) is 0. The molecule has 0 radical (unpaired) electrons. The summed E-state index contributed by atoms with van der Waals surface area (Å²) in [4.78, 5) is 16.9. The van der Waals surface area contributed by atoms with Crippen LogP contribution in [0.15, 0.2) is 52.6 Å². The molecular formula is C26H27F2N3O2. The molecule has 0 bridgehead atoms. The Hall–Kier alpha value is -3.02. The molecule has 3 aromatic rings. The van der Waals surface area contributed by atoms with Crippen molar-refractivity contribution in [3.8, 4) is 11.1 Å². The average Bonchev–Trinajstić information content (AvgIpc) is 3.10. The van der Waals surface area contributed by atoms with Gasteiger partial charge in [0, 0.05) is 49.7 Å². The van der Waals surface area contributed by atoms with E-state index in [9.17, 15) is 13.6 Å². The Morgan fingerprint density at radius 3 is 2.61 bits per heavy atom. The van der Waals surface area contributed by atoms with Gasteiger partial charge in [0.15, 0.2) is 0 Å². The zero-order chi connectivity index (χ0) is 23.5. The molecule has 5 nitrogen and oxygen atoms in total. The highest BCUT2D eigenvalue weighted by Gasteiger charge is 2.48. The second kappa shape index (κ2) is 7.51. The van der Waals surface area contributed by atoms with Gasteiger partial charge in [0.05, 0.1) is 17.6 Å². The van der Waals surface area contributed by atoms with Crippen LogP contribution in [0, 0.1) is 6.92 Å². The monoisotopic (exact) mass is 451 g/mol. The Kier molecular flexibility index (Phi) is 4.96. The van der Waals surface area contributed by atoms with Crippen LogP contribution in [0.1, 0.15) is 44.0 Å². The number of hydrogen-bond acceptors (Lipinski definition) is 3. The maximum atomic E-state index is 13.7. The summed E-state index contributed by atoms with van der Waals surface area (Å²) in [5, 5.41) is 0. The van der Waals surface area contributed by atoms with Crippen molar-refractivity contribution in [3.05, 3.63) is 69.6 Å². The lowest BCUT2D eigenvalue weighted by molar-refractivity contribution is -0.0890. The molecule has 1 fully saturated rings. The Bertz CT molecular complexity index is 1360. The first-order chi connectivity index (χ1) is 15.6. The molecule has 5 rings (SSSR count). The molecule has 33 heavy (non-hydrogen) atoms. The maximum Gasteiger partial charge on any atom is 0.253 e. The Labute approximate surface area is 191 Å². The fourth-order valence-electron chi connectivity index (χ4n) is 4.84. The SMILES string of the molecule is CCO[C@@]1(C)C=C=C1Cn1c(C2CC(F)(F)C2)nc2ccc(-c3cc(C)c(=O)n(C)c3)cc21. The molecule has 2 aliphatic carbocycles. The lowest BCUT2D eigenvalue weighted by Crippen LogP contribution is -2.37. The highest BCUT2D eigenvalue weighted by atomic mass is 19.3. The minimum absolute atomic E-state index is 0.0306. The molecule has 0 amide bonds. The van der Waals surface area contributed by atoms with Crippen LogP contribution in [0.4, 0.5) is 8.78 Å². The third-order valence-corrected chi connectivity index (χ3v) is 6.81. The van der Waals surface area contributed by atoms with E-state index in [4.69, 9.17) is 9.72 Å². The van der Waals surface area contributed by atoms with E-state index in [1.807, 2.05) is 55.0 Å². The highest BCUT2D eigenvalue weighted by molar-refractivity contribution is 5.83. The zero-order valence-electron chi connectivity index (χ0n) is 19.3. The van der Waals surface area contributed by atoms with E-state index in [1.54, 1.807) is 18.5 Å². The van der Waals surface area contributed by atoms with E-state index in [-0.39, 0.29) is 24.3 Å². The zero-order valence-corrected chi connectivity index (χ0v) is 19.3. The number of imidazole rings is 1. The van der Waals surface area contributed by atoms with Crippen molar-refractivity contribution < 1.29 is 13.5 Å². The molecule has 0 saturated heterocycles. The van der Waals surface area contributed by atoms with E-state index in [2.05, 4.69) is 5.73 Å². The molecule has 2 aliphatic rings. The van der Waals surface area contributed by atoms with E-state index in [0.29, 0.717) is 24.5 Å². The van der Waals surface area contributed by atoms with Gasteiger partial charge < -0.3 is 13.9 Å². The molecule has 7 heteroatoms. The number of pyridine rings is 1. The van der Waals surface area contributed by atoms with Gasteiger partial charge in [-0.2, -0.15) is 0 Å². The number of nitrogens with zero attached hydrogens (tertiary/aromatic N) is 3. The number of alkyl halides is 2. The Morgan fingerprint density at radius 2 is 2.00 bits per heavy atom. The normalized spacial score (nSPS) is 21.7. The van der Waals surface area contributed by atoms with Gasteiger partial charge in [0.25, 0.3) is 5.56 Å². The van der Waals surface area contributed by atoms with Crippen LogP contribution < -0.4 is 5.56 Å². The van der Waals surface area contributed by atoms with Crippen molar-refractivity contribution in [2.45, 2.75) is 57.6 Å². The van der Waals surface area contributed by atoms with E-state index in [1.165, 1.54) is 0 Å².